The van der Waals surface area contributed by atoms with E-state index in [0.717, 1.165) is 18.6 Å². The fraction of sp³-hybridized carbons (Fsp3) is 0.118. The summed E-state index contributed by atoms with van der Waals surface area (Å²) >= 11 is 0. The third-order valence-electron chi connectivity index (χ3n) is 2.78. The first-order chi connectivity index (χ1) is 10.6. The Morgan fingerprint density at radius 1 is 1.05 bits per heavy atom. The molecule has 0 aromatic heterocycles. The molecule has 2 aromatic carbocycles. The van der Waals surface area contributed by atoms with Crippen molar-refractivity contribution in [1.29, 1.82) is 0 Å². The maximum absolute atomic E-state index is 13.0. The molecular weight excluding hydrogens is 290 g/mol. The first-order valence-electron chi connectivity index (χ1n) is 6.61. The van der Waals surface area contributed by atoms with E-state index in [1.807, 2.05) is 0 Å². The number of ether oxygens (including phenoxy) is 2. The fourth-order valence-corrected chi connectivity index (χ4v) is 1.65. The highest BCUT2D eigenvalue weighted by Crippen LogP contribution is 2.18. The van der Waals surface area contributed by atoms with Gasteiger partial charge < -0.3 is 9.47 Å². The SMILES string of the molecule is C=CCCOc1ccc(C(=O)Oc2ccc(F)c(F)c2)cc1. The Balaban J connectivity index is 2.00. The Morgan fingerprint density at radius 3 is 2.36 bits per heavy atom. The van der Waals surface area contributed by atoms with Crippen LogP contribution in [0.25, 0.3) is 0 Å². The predicted molar refractivity (Wildman–Crippen MR) is 78.1 cm³/mol. The van der Waals surface area contributed by atoms with E-state index >= 15 is 0 Å². The van der Waals surface area contributed by atoms with Gasteiger partial charge in [0.2, 0.25) is 0 Å². The predicted octanol–water partition coefficient (Wildman–Crippen LogP) is 4.14. The zero-order valence-electron chi connectivity index (χ0n) is 11.7. The number of benzene rings is 2. The monoisotopic (exact) mass is 304 g/mol. The molecule has 0 atom stereocenters. The molecule has 0 radical (unpaired) electrons. The van der Waals surface area contributed by atoms with Gasteiger partial charge in [0.05, 0.1) is 12.2 Å². The molecule has 0 bridgehead atoms. The van der Waals surface area contributed by atoms with Crippen molar-refractivity contribution in [3.05, 3.63) is 72.3 Å². The first-order valence-corrected chi connectivity index (χ1v) is 6.61. The van der Waals surface area contributed by atoms with Crippen molar-refractivity contribution in [3.63, 3.8) is 0 Å². The van der Waals surface area contributed by atoms with Crippen LogP contribution in [0.1, 0.15) is 16.8 Å². The Labute approximate surface area is 126 Å². The Kier molecular flexibility index (Phi) is 5.25. The third kappa shape index (κ3) is 4.15. The van der Waals surface area contributed by atoms with Crippen LogP contribution in [0.5, 0.6) is 11.5 Å². The highest BCUT2D eigenvalue weighted by atomic mass is 19.2. The van der Waals surface area contributed by atoms with E-state index in [2.05, 4.69) is 6.58 Å². The summed E-state index contributed by atoms with van der Waals surface area (Å²) < 4.78 is 36.2. The summed E-state index contributed by atoms with van der Waals surface area (Å²) in [5.74, 6) is -2.18. The molecule has 0 spiro atoms. The maximum Gasteiger partial charge on any atom is 0.343 e. The van der Waals surface area contributed by atoms with Gasteiger partial charge in [0.25, 0.3) is 0 Å². The molecule has 0 aliphatic rings. The molecule has 0 saturated carbocycles. The van der Waals surface area contributed by atoms with Gasteiger partial charge in [-0.2, -0.15) is 0 Å². The maximum atomic E-state index is 13.0. The summed E-state index contributed by atoms with van der Waals surface area (Å²) in [5.41, 5.74) is 0.279. The minimum atomic E-state index is -1.07. The highest BCUT2D eigenvalue weighted by Gasteiger charge is 2.11. The number of halogens is 2. The molecule has 2 rings (SSSR count). The van der Waals surface area contributed by atoms with Crippen molar-refractivity contribution in [2.45, 2.75) is 6.42 Å². The second kappa shape index (κ2) is 7.36. The number of carbonyl (C=O) groups excluding carboxylic acids is 1. The lowest BCUT2D eigenvalue weighted by Gasteiger charge is -2.07. The summed E-state index contributed by atoms with van der Waals surface area (Å²) in [7, 11) is 0. The Hall–Kier alpha value is -2.69. The molecule has 0 aliphatic carbocycles. The third-order valence-corrected chi connectivity index (χ3v) is 2.78. The van der Waals surface area contributed by atoms with Crippen LogP contribution < -0.4 is 9.47 Å². The van der Waals surface area contributed by atoms with E-state index in [9.17, 15) is 13.6 Å². The smallest absolute Gasteiger partial charge is 0.343 e. The molecule has 5 heteroatoms. The van der Waals surface area contributed by atoms with E-state index in [4.69, 9.17) is 9.47 Å². The van der Waals surface area contributed by atoms with Crippen molar-refractivity contribution in [3.8, 4) is 11.5 Å². The van der Waals surface area contributed by atoms with Crippen LogP contribution in [-0.2, 0) is 0 Å². The quantitative estimate of drug-likeness (QED) is 0.348. The lowest BCUT2D eigenvalue weighted by atomic mass is 10.2. The molecule has 0 amide bonds. The summed E-state index contributed by atoms with van der Waals surface area (Å²) in [5, 5.41) is 0. The van der Waals surface area contributed by atoms with Gasteiger partial charge in [-0.15, -0.1) is 6.58 Å². The van der Waals surface area contributed by atoms with Gasteiger partial charge in [-0.05, 0) is 42.8 Å². The van der Waals surface area contributed by atoms with Gasteiger partial charge in [0.1, 0.15) is 11.5 Å². The van der Waals surface area contributed by atoms with Gasteiger partial charge in [0, 0.05) is 6.07 Å². The number of hydrogen-bond acceptors (Lipinski definition) is 3. The van der Waals surface area contributed by atoms with Gasteiger partial charge in [-0.3, -0.25) is 0 Å². The normalized spacial score (nSPS) is 10.1. The van der Waals surface area contributed by atoms with Crippen molar-refractivity contribution in [2.24, 2.45) is 0 Å². The van der Waals surface area contributed by atoms with Crippen molar-refractivity contribution < 1.29 is 23.0 Å². The zero-order valence-corrected chi connectivity index (χ0v) is 11.7. The van der Waals surface area contributed by atoms with Crippen LogP contribution >= 0.6 is 0 Å². The van der Waals surface area contributed by atoms with E-state index in [1.54, 1.807) is 18.2 Å². The molecule has 22 heavy (non-hydrogen) atoms. The van der Waals surface area contributed by atoms with Gasteiger partial charge >= 0.3 is 5.97 Å². The van der Waals surface area contributed by atoms with Crippen LogP contribution in [0.3, 0.4) is 0 Å². The lowest BCUT2D eigenvalue weighted by molar-refractivity contribution is 0.0734. The van der Waals surface area contributed by atoms with Crippen LogP contribution in [0, 0.1) is 11.6 Å². The minimum Gasteiger partial charge on any atom is -0.493 e. The number of carbonyl (C=O) groups is 1. The summed E-state index contributed by atoms with van der Waals surface area (Å²) in [4.78, 5) is 11.9. The fourth-order valence-electron chi connectivity index (χ4n) is 1.65. The average molecular weight is 304 g/mol. The number of rotatable bonds is 6. The molecule has 0 heterocycles. The molecule has 0 saturated heterocycles. The van der Waals surface area contributed by atoms with Gasteiger partial charge in [0.15, 0.2) is 11.6 Å². The standard InChI is InChI=1S/C17H14F2O3/c1-2-3-10-21-13-6-4-12(5-7-13)17(20)22-14-8-9-15(18)16(19)11-14/h2,4-9,11H,1,3,10H2. The molecule has 0 aliphatic heterocycles. The van der Waals surface area contributed by atoms with E-state index in [1.165, 1.54) is 18.2 Å². The van der Waals surface area contributed by atoms with Gasteiger partial charge in [-0.25, -0.2) is 13.6 Å². The molecule has 2 aromatic rings. The van der Waals surface area contributed by atoms with Crippen molar-refractivity contribution in [2.75, 3.05) is 6.61 Å². The summed E-state index contributed by atoms with van der Waals surface area (Å²) in [6, 6.07) is 9.23. The summed E-state index contributed by atoms with van der Waals surface area (Å²) in [6.45, 7) is 4.09. The molecule has 3 nitrogen and oxygen atoms in total. The average Bonchev–Trinajstić information content (AvgIpc) is 2.52. The Morgan fingerprint density at radius 2 is 1.73 bits per heavy atom. The zero-order chi connectivity index (χ0) is 15.9. The molecule has 0 fully saturated rings. The molecular formula is C17H14F2O3. The molecule has 0 N–H and O–H groups in total. The van der Waals surface area contributed by atoms with Crippen LogP contribution in [-0.4, -0.2) is 12.6 Å². The van der Waals surface area contributed by atoms with Gasteiger partial charge in [-0.1, -0.05) is 6.08 Å². The topological polar surface area (TPSA) is 35.5 Å². The minimum absolute atomic E-state index is 0.0600. The van der Waals surface area contributed by atoms with E-state index in [0.29, 0.717) is 12.4 Å². The largest absolute Gasteiger partial charge is 0.493 e. The lowest BCUT2D eigenvalue weighted by Crippen LogP contribution is -2.08. The Bertz CT molecular complexity index is 666. The second-order valence-corrected chi connectivity index (χ2v) is 4.42. The van der Waals surface area contributed by atoms with Crippen LogP contribution in [0.15, 0.2) is 55.1 Å². The highest BCUT2D eigenvalue weighted by molar-refractivity contribution is 5.91. The van der Waals surface area contributed by atoms with Crippen molar-refractivity contribution in [1.82, 2.24) is 0 Å². The first kappa shape index (κ1) is 15.7. The van der Waals surface area contributed by atoms with E-state index < -0.39 is 17.6 Å². The number of esters is 1. The summed E-state index contributed by atoms with van der Waals surface area (Å²) in [6.07, 6.45) is 2.47. The number of hydrogen-bond donors (Lipinski definition) is 0. The van der Waals surface area contributed by atoms with Crippen LogP contribution in [0.2, 0.25) is 0 Å². The molecule has 0 unspecified atom stereocenters. The second-order valence-electron chi connectivity index (χ2n) is 4.42. The van der Waals surface area contributed by atoms with Crippen molar-refractivity contribution >= 4 is 5.97 Å². The van der Waals surface area contributed by atoms with Crippen LogP contribution in [0.4, 0.5) is 8.78 Å². The molecule has 114 valence electrons. The van der Waals surface area contributed by atoms with E-state index in [-0.39, 0.29) is 11.3 Å².